The van der Waals surface area contributed by atoms with Gasteiger partial charge in [0.1, 0.15) is 12.1 Å². The van der Waals surface area contributed by atoms with Gasteiger partial charge in [0.2, 0.25) is 11.8 Å². The quantitative estimate of drug-likeness (QED) is 0.891. The van der Waals surface area contributed by atoms with Crippen LogP contribution < -0.4 is 5.32 Å². The number of hydrogen-bond acceptors (Lipinski definition) is 3. The average Bonchev–Trinajstić information content (AvgIpc) is 2.48. The highest BCUT2D eigenvalue weighted by atomic mass is 16.2. The smallest absolute Gasteiger partial charge is 0.246 e. The molecular weight excluding hydrogens is 266 g/mol. The molecule has 0 saturated carbocycles. The molecule has 0 bridgehead atoms. The number of hydrogen-bond donors (Lipinski definition) is 1. The standard InChI is InChI=1S/C16H23N3O2/c1-4-13-15(20)18-14(11(2)3)16(21)19(13)10-8-12-7-5-6-9-17-12/h5-7,9,11,13-14H,4,8,10H2,1-3H3,(H,18,20). The van der Waals surface area contributed by atoms with E-state index in [-0.39, 0.29) is 23.8 Å². The molecule has 5 heteroatoms. The van der Waals surface area contributed by atoms with Gasteiger partial charge >= 0.3 is 0 Å². The van der Waals surface area contributed by atoms with E-state index in [2.05, 4.69) is 10.3 Å². The second kappa shape index (κ2) is 6.70. The fourth-order valence-electron chi connectivity index (χ4n) is 2.69. The summed E-state index contributed by atoms with van der Waals surface area (Å²) in [5, 5.41) is 2.85. The van der Waals surface area contributed by atoms with Crippen LogP contribution in [-0.2, 0) is 16.0 Å². The van der Waals surface area contributed by atoms with Crippen molar-refractivity contribution in [3.63, 3.8) is 0 Å². The summed E-state index contributed by atoms with van der Waals surface area (Å²) in [6.07, 6.45) is 3.04. The van der Waals surface area contributed by atoms with Crippen molar-refractivity contribution in [2.45, 2.75) is 45.7 Å². The zero-order valence-corrected chi connectivity index (χ0v) is 12.9. The van der Waals surface area contributed by atoms with Gasteiger partial charge in [0.05, 0.1) is 0 Å². The molecule has 0 aliphatic carbocycles. The molecular formula is C16H23N3O2. The lowest BCUT2D eigenvalue weighted by Crippen LogP contribution is -2.64. The Morgan fingerprint density at radius 3 is 2.67 bits per heavy atom. The third-order valence-corrected chi connectivity index (χ3v) is 3.91. The van der Waals surface area contributed by atoms with Gasteiger partial charge < -0.3 is 10.2 Å². The lowest BCUT2D eigenvalue weighted by molar-refractivity contribution is -0.150. The van der Waals surface area contributed by atoms with Gasteiger partial charge in [-0.2, -0.15) is 0 Å². The Labute approximate surface area is 125 Å². The van der Waals surface area contributed by atoms with Crippen LogP contribution in [0.5, 0.6) is 0 Å². The molecule has 2 unspecified atom stereocenters. The second-order valence-corrected chi connectivity index (χ2v) is 5.76. The third-order valence-electron chi connectivity index (χ3n) is 3.91. The van der Waals surface area contributed by atoms with E-state index in [0.29, 0.717) is 19.4 Å². The van der Waals surface area contributed by atoms with E-state index in [1.807, 2.05) is 39.0 Å². The summed E-state index contributed by atoms with van der Waals surface area (Å²) in [6.45, 7) is 6.37. The molecule has 2 amide bonds. The summed E-state index contributed by atoms with van der Waals surface area (Å²) in [5.41, 5.74) is 0.937. The van der Waals surface area contributed by atoms with Crippen LogP contribution >= 0.6 is 0 Å². The van der Waals surface area contributed by atoms with Gasteiger partial charge in [0.15, 0.2) is 0 Å². The van der Waals surface area contributed by atoms with Crippen LogP contribution in [-0.4, -0.2) is 40.3 Å². The van der Waals surface area contributed by atoms with Crippen LogP contribution in [0.3, 0.4) is 0 Å². The van der Waals surface area contributed by atoms with E-state index >= 15 is 0 Å². The molecule has 2 atom stereocenters. The Bertz CT molecular complexity index is 502. The number of rotatable bonds is 5. The van der Waals surface area contributed by atoms with E-state index in [0.717, 1.165) is 5.69 Å². The van der Waals surface area contributed by atoms with Gasteiger partial charge in [-0.3, -0.25) is 14.6 Å². The molecule has 114 valence electrons. The van der Waals surface area contributed by atoms with E-state index in [1.54, 1.807) is 11.1 Å². The van der Waals surface area contributed by atoms with Crippen molar-refractivity contribution >= 4 is 11.8 Å². The lowest BCUT2D eigenvalue weighted by Gasteiger charge is -2.40. The molecule has 1 aliphatic rings. The molecule has 1 aromatic rings. The average molecular weight is 289 g/mol. The highest BCUT2D eigenvalue weighted by molar-refractivity contribution is 5.97. The fourth-order valence-corrected chi connectivity index (χ4v) is 2.69. The van der Waals surface area contributed by atoms with Crippen LogP contribution in [0.1, 0.15) is 32.9 Å². The molecule has 2 heterocycles. The highest BCUT2D eigenvalue weighted by Crippen LogP contribution is 2.18. The Morgan fingerprint density at radius 2 is 2.10 bits per heavy atom. The summed E-state index contributed by atoms with van der Waals surface area (Å²) in [5.74, 6) is 0.0702. The summed E-state index contributed by atoms with van der Waals surface area (Å²) in [7, 11) is 0. The normalized spacial score (nSPS) is 22.6. The number of carbonyl (C=O) groups is 2. The maximum absolute atomic E-state index is 12.6. The predicted octanol–water partition coefficient (Wildman–Crippen LogP) is 1.39. The van der Waals surface area contributed by atoms with Crippen LogP contribution in [0, 0.1) is 5.92 Å². The maximum Gasteiger partial charge on any atom is 0.246 e. The first-order chi connectivity index (χ1) is 10.0. The first-order valence-corrected chi connectivity index (χ1v) is 7.55. The minimum atomic E-state index is -0.413. The molecule has 1 N–H and O–H groups in total. The van der Waals surface area contributed by atoms with Crippen molar-refractivity contribution < 1.29 is 9.59 Å². The Kier molecular flexibility index (Phi) is 4.94. The molecule has 1 aliphatic heterocycles. The zero-order valence-electron chi connectivity index (χ0n) is 12.9. The Hall–Kier alpha value is -1.91. The van der Waals surface area contributed by atoms with Crippen LogP contribution in [0.15, 0.2) is 24.4 Å². The zero-order chi connectivity index (χ0) is 15.4. The number of pyridine rings is 1. The number of nitrogens with one attached hydrogen (secondary N) is 1. The predicted molar refractivity (Wildman–Crippen MR) is 80.5 cm³/mol. The van der Waals surface area contributed by atoms with Crippen molar-refractivity contribution in [1.29, 1.82) is 0 Å². The molecule has 0 spiro atoms. The minimum absolute atomic E-state index is 0.0207. The summed E-state index contributed by atoms with van der Waals surface area (Å²) in [4.78, 5) is 30.8. The second-order valence-electron chi connectivity index (χ2n) is 5.76. The van der Waals surface area contributed by atoms with Crippen molar-refractivity contribution in [2.24, 2.45) is 5.92 Å². The number of nitrogens with zero attached hydrogens (tertiary/aromatic N) is 2. The van der Waals surface area contributed by atoms with Gasteiger partial charge in [0, 0.05) is 24.9 Å². The maximum atomic E-state index is 12.6. The molecule has 0 aromatic carbocycles. The van der Waals surface area contributed by atoms with Crippen LogP contribution in [0.4, 0.5) is 0 Å². The third kappa shape index (κ3) is 3.40. The first kappa shape index (κ1) is 15.5. The summed E-state index contributed by atoms with van der Waals surface area (Å²) >= 11 is 0. The molecule has 0 radical (unpaired) electrons. The van der Waals surface area contributed by atoms with Crippen molar-refractivity contribution in [1.82, 2.24) is 15.2 Å². The number of piperazine rings is 1. The molecule has 5 nitrogen and oxygen atoms in total. The lowest BCUT2D eigenvalue weighted by atomic mass is 9.96. The first-order valence-electron chi connectivity index (χ1n) is 7.55. The summed E-state index contributed by atoms with van der Waals surface area (Å²) < 4.78 is 0. The van der Waals surface area contributed by atoms with Crippen molar-refractivity contribution in [3.05, 3.63) is 30.1 Å². The van der Waals surface area contributed by atoms with E-state index in [1.165, 1.54) is 0 Å². The van der Waals surface area contributed by atoms with Crippen LogP contribution in [0.25, 0.3) is 0 Å². The van der Waals surface area contributed by atoms with Gasteiger partial charge in [-0.05, 0) is 24.5 Å². The number of carbonyl (C=O) groups excluding carboxylic acids is 2. The van der Waals surface area contributed by atoms with E-state index < -0.39 is 6.04 Å². The largest absolute Gasteiger partial charge is 0.342 e. The van der Waals surface area contributed by atoms with Gasteiger partial charge in [0.25, 0.3) is 0 Å². The Balaban J connectivity index is 2.12. The number of aromatic nitrogens is 1. The van der Waals surface area contributed by atoms with Crippen molar-refractivity contribution in [2.75, 3.05) is 6.54 Å². The van der Waals surface area contributed by atoms with Gasteiger partial charge in [-0.15, -0.1) is 0 Å². The molecule has 1 fully saturated rings. The Morgan fingerprint density at radius 1 is 1.33 bits per heavy atom. The number of amides is 2. The molecule has 1 saturated heterocycles. The molecule has 2 rings (SSSR count). The summed E-state index contributed by atoms with van der Waals surface area (Å²) in [6, 6.07) is 4.96. The van der Waals surface area contributed by atoms with E-state index in [4.69, 9.17) is 0 Å². The van der Waals surface area contributed by atoms with Crippen molar-refractivity contribution in [3.8, 4) is 0 Å². The van der Waals surface area contributed by atoms with Gasteiger partial charge in [-0.1, -0.05) is 26.8 Å². The SMILES string of the molecule is CCC1C(=O)NC(C(C)C)C(=O)N1CCc1ccccn1. The highest BCUT2D eigenvalue weighted by Gasteiger charge is 2.40. The minimum Gasteiger partial charge on any atom is -0.342 e. The van der Waals surface area contributed by atoms with Gasteiger partial charge in [-0.25, -0.2) is 0 Å². The van der Waals surface area contributed by atoms with Crippen LogP contribution in [0.2, 0.25) is 0 Å². The van der Waals surface area contributed by atoms with E-state index in [9.17, 15) is 9.59 Å². The topological polar surface area (TPSA) is 62.3 Å². The monoisotopic (exact) mass is 289 g/mol. The molecule has 21 heavy (non-hydrogen) atoms. The fraction of sp³-hybridized carbons (Fsp3) is 0.562. The molecule has 1 aromatic heterocycles.